The quantitative estimate of drug-likeness (QED) is 0.910. The third kappa shape index (κ3) is 4.51. The van der Waals surface area contributed by atoms with Gasteiger partial charge in [0.05, 0.1) is 6.61 Å². The Kier molecular flexibility index (Phi) is 5.36. The van der Waals surface area contributed by atoms with E-state index in [1.54, 1.807) is 0 Å². The van der Waals surface area contributed by atoms with Crippen molar-refractivity contribution in [1.29, 1.82) is 0 Å². The van der Waals surface area contributed by atoms with Crippen LogP contribution in [0.2, 0.25) is 0 Å². The number of likely N-dealkylation sites (tertiary alicyclic amines) is 1. The van der Waals surface area contributed by atoms with Crippen LogP contribution >= 0.6 is 0 Å². The second kappa shape index (κ2) is 7.86. The van der Waals surface area contributed by atoms with Gasteiger partial charge in [0.25, 0.3) is 0 Å². The minimum absolute atomic E-state index is 0.0146. The van der Waals surface area contributed by atoms with Gasteiger partial charge >= 0.3 is 6.03 Å². The molecule has 0 saturated carbocycles. The van der Waals surface area contributed by atoms with Crippen molar-refractivity contribution in [1.82, 2.24) is 4.90 Å². The van der Waals surface area contributed by atoms with Crippen molar-refractivity contribution < 1.29 is 9.53 Å². The lowest BCUT2D eigenvalue weighted by Crippen LogP contribution is -2.42. The minimum atomic E-state index is -0.0146. The molecule has 1 saturated heterocycles. The second-order valence-electron chi connectivity index (χ2n) is 6.35. The predicted molar refractivity (Wildman–Crippen MR) is 96.4 cm³/mol. The number of ether oxygens (including phenoxy) is 1. The third-order valence-electron chi connectivity index (χ3n) is 4.40. The van der Waals surface area contributed by atoms with Crippen molar-refractivity contribution in [2.45, 2.75) is 19.8 Å². The first-order valence-corrected chi connectivity index (χ1v) is 8.51. The molecule has 1 N–H and O–H groups in total. The maximum atomic E-state index is 12.3. The molecule has 0 atom stereocenters. The fraction of sp³-hybridized carbons (Fsp3) is 0.350. The van der Waals surface area contributed by atoms with Crippen LogP contribution in [0.5, 0.6) is 5.75 Å². The molecule has 4 heteroatoms. The lowest BCUT2D eigenvalue weighted by molar-refractivity contribution is 0.152. The van der Waals surface area contributed by atoms with Crippen LogP contribution < -0.4 is 10.1 Å². The van der Waals surface area contributed by atoms with E-state index in [1.165, 1.54) is 5.56 Å². The van der Waals surface area contributed by atoms with Crippen LogP contribution in [0.25, 0.3) is 0 Å². The molecule has 0 aliphatic carbocycles. The van der Waals surface area contributed by atoms with Gasteiger partial charge in [0.1, 0.15) is 5.75 Å². The van der Waals surface area contributed by atoms with E-state index in [4.69, 9.17) is 4.74 Å². The molecule has 0 radical (unpaired) electrons. The normalized spacial score (nSPS) is 15.1. The maximum absolute atomic E-state index is 12.3. The third-order valence-corrected chi connectivity index (χ3v) is 4.40. The Morgan fingerprint density at radius 2 is 1.88 bits per heavy atom. The summed E-state index contributed by atoms with van der Waals surface area (Å²) in [5, 5.41) is 2.95. The molecule has 1 fully saturated rings. The highest BCUT2D eigenvalue weighted by atomic mass is 16.5. The number of hydrogen-bond donors (Lipinski definition) is 1. The number of nitrogens with one attached hydrogen (secondary N) is 1. The molecule has 2 aromatic carbocycles. The van der Waals surface area contributed by atoms with E-state index >= 15 is 0 Å². The molecule has 2 amide bonds. The highest BCUT2D eigenvalue weighted by Gasteiger charge is 2.23. The number of hydrogen-bond acceptors (Lipinski definition) is 2. The second-order valence-corrected chi connectivity index (χ2v) is 6.35. The van der Waals surface area contributed by atoms with Gasteiger partial charge in [-0.2, -0.15) is 0 Å². The first-order valence-electron chi connectivity index (χ1n) is 8.51. The van der Waals surface area contributed by atoms with Crippen molar-refractivity contribution in [3.63, 3.8) is 0 Å². The average Bonchev–Trinajstić information content (AvgIpc) is 2.61. The van der Waals surface area contributed by atoms with Crippen LogP contribution in [0.3, 0.4) is 0 Å². The molecule has 24 heavy (non-hydrogen) atoms. The minimum Gasteiger partial charge on any atom is -0.493 e. The van der Waals surface area contributed by atoms with Crippen LogP contribution in [-0.2, 0) is 0 Å². The van der Waals surface area contributed by atoms with E-state index in [9.17, 15) is 4.79 Å². The number of urea groups is 1. The van der Waals surface area contributed by atoms with Gasteiger partial charge in [-0.15, -0.1) is 0 Å². The highest BCUT2D eigenvalue weighted by Crippen LogP contribution is 2.20. The van der Waals surface area contributed by atoms with Crippen LogP contribution in [0.1, 0.15) is 18.4 Å². The maximum Gasteiger partial charge on any atom is 0.321 e. The van der Waals surface area contributed by atoms with E-state index in [0.717, 1.165) is 44.0 Å². The Labute approximate surface area is 143 Å². The summed E-state index contributed by atoms with van der Waals surface area (Å²) in [5.74, 6) is 1.44. The number of aryl methyl sites for hydroxylation is 1. The van der Waals surface area contributed by atoms with Gasteiger partial charge < -0.3 is 15.0 Å². The largest absolute Gasteiger partial charge is 0.493 e. The monoisotopic (exact) mass is 324 g/mol. The van der Waals surface area contributed by atoms with Gasteiger partial charge in [0, 0.05) is 18.8 Å². The summed E-state index contributed by atoms with van der Waals surface area (Å²) < 4.78 is 5.90. The summed E-state index contributed by atoms with van der Waals surface area (Å²) in [6.07, 6.45) is 1.96. The van der Waals surface area contributed by atoms with Gasteiger partial charge in [-0.25, -0.2) is 4.79 Å². The SMILES string of the molecule is Cc1cccc(OCC2CCN(C(=O)Nc3ccccc3)CC2)c1. The molecule has 4 nitrogen and oxygen atoms in total. The summed E-state index contributed by atoms with van der Waals surface area (Å²) in [5.41, 5.74) is 2.05. The number of benzene rings is 2. The molecule has 126 valence electrons. The number of amides is 2. The van der Waals surface area contributed by atoms with Crippen molar-refractivity contribution >= 4 is 11.7 Å². The molecule has 1 aliphatic heterocycles. The van der Waals surface area contributed by atoms with Crippen LogP contribution in [-0.4, -0.2) is 30.6 Å². The lowest BCUT2D eigenvalue weighted by atomic mass is 9.98. The summed E-state index contributed by atoms with van der Waals surface area (Å²) in [6.45, 7) is 4.34. The molecule has 1 heterocycles. The number of rotatable bonds is 4. The van der Waals surface area contributed by atoms with Gasteiger partial charge in [-0.05, 0) is 55.5 Å². The first-order chi connectivity index (χ1) is 11.7. The fourth-order valence-electron chi connectivity index (χ4n) is 2.95. The zero-order chi connectivity index (χ0) is 16.8. The van der Waals surface area contributed by atoms with Crippen LogP contribution in [0.15, 0.2) is 54.6 Å². The number of carbonyl (C=O) groups excluding carboxylic acids is 1. The highest BCUT2D eigenvalue weighted by molar-refractivity contribution is 5.89. The fourth-order valence-corrected chi connectivity index (χ4v) is 2.95. The molecular weight excluding hydrogens is 300 g/mol. The van der Waals surface area contributed by atoms with Crippen molar-refractivity contribution in [2.24, 2.45) is 5.92 Å². The zero-order valence-corrected chi connectivity index (χ0v) is 14.1. The van der Waals surface area contributed by atoms with Gasteiger partial charge in [0.15, 0.2) is 0 Å². The first kappa shape index (κ1) is 16.4. The Morgan fingerprint density at radius 3 is 2.58 bits per heavy atom. The summed E-state index contributed by atoms with van der Waals surface area (Å²) >= 11 is 0. The Balaban J connectivity index is 1.43. The van der Waals surface area contributed by atoms with Crippen molar-refractivity contribution in [2.75, 3.05) is 25.0 Å². The van der Waals surface area contributed by atoms with Crippen LogP contribution in [0, 0.1) is 12.8 Å². The van der Waals surface area contributed by atoms with Crippen molar-refractivity contribution in [3.8, 4) is 5.75 Å². The topological polar surface area (TPSA) is 41.6 Å². The number of piperidine rings is 1. The number of carbonyl (C=O) groups is 1. The Morgan fingerprint density at radius 1 is 1.12 bits per heavy atom. The molecule has 2 aromatic rings. The smallest absolute Gasteiger partial charge is 0.321 e. The average molecular weight is 324 g/mol. The van der Waals surface area contributed by atoms with Gasteiger partial charge in [-0.1, -0.05) is 30.3 Å². The van der Waals surface area contributed by atoms with Gasteiger partial charge in [0.2, 0.25) is 0 Å². The summed E-state index contributed by atoms with van der Waals surface area (Å²) in [4.78, 5) is 14.2. The molecule has 0 unspecified atom stereocenters. The van der Waals surface area contributed by atoms with Crippen molar-refractivity contribution in [3.05, 3.63) is 60.2 Å². The van der Waals surface area contributed by atoms with Crippen LogP contribution in [0.4, 0.5) is 10.5 Å². The Bertz CT molecular complexity index is 664. The number of nitrogens with zero attached hydrogens (tertiary/aromatic N) is 1. The van der Waals surface area contributed by atoms with E-state index in [1.807, 2.05) is 47.4 Å². The Hall–Kier alpha value is -2.49. The number of anilines is 1. The molecule has 3 rings (SSSR count). The number of para-hydroxylation sites is 1. The standard InChI is InChI=1S/C20H24N2O2/c1-16-6-5-9-19(14-16)24-15-17-10-12-22(13-11-17)20(23)21-18-7-3-2-4-8-18/h2-9,14,17H,10-13,15H2,1H3,(H,21,23). The lowest BCUT2D eigenvalue weighted by Gasteiger charge is -2.31. The summed E-state index contributed by atoms with van der Waals surface area (Å²) in [7, 11) is 0. The van der Waals surface area contributed by atoms with E-state index < -0.39 is 0 Å². The summed E-state index contributed by atoms with van der Waals surface area (Å²) in [6, 6.07) is 17.7. The predicted octanol–water partition coefficient (Wildman–Crippen LogP) is 4.32. The van der Waals surface area contributed by atoms with E-state index in [-0.39, 0.29) is 6.03 Å². The zero-order valence-electron chi connectivity index (χ0n) is 14.1. The van der Waals surface area contributed by atoms with E-state index in [2.05, 4.69) is 24.4 Å². The molecular formula is C20H24N2O2. The molecule has 1 aliphatic rings. The molecule has 0 bridgehead atoms. The van der Waals surface area contributed by atoms with E-state index in [0.29, 0.717) is 5.92 Å². The molecule has 0 spiro atoms. The molecule has 0 aromatic heterocycles. The van der Waals surface area contributed by atoms with Gasteiger partial charge in [-0.3, -0.25) is 0 Å².